The summed E-state index contributed by atoms with van der Waals surface area (Å²) in [6.45, 7) is 2.66. The molecule has 0 aliphatic heterocycles. The van der Waals surface area contributed by atoms with Crippen LogP contribution in [0.15, 0.2) is 58.8 Å². The second-order valence-electron chi connectivity index (χ2n) is 5.79. The number of pyridine rings is 1. The Morgan fingerprint density at radius 3 is 2.33 bits per heavy atom. The van der Waals surface area contributed by atoms with Crippen molar-refractivity contribution in [1.29, 1.82) is 0 Å². The summed E-state index contributed by atoms with van der Waals surface area (Å²) in [4.78, 5) is 16.6. The first kappa shape index (κ1) is 19.2. The van der Waals surface area contributed by atoms with Crippen LogP contribution in [-0.2, 0) is 16.4 Å². The van der Waals surface area contributed by atoms with Crippen LogP contribution >= 0.6 is 11.8 Å². The summed E-state index contributed by atoms with van der Waals surface area (Å²) < 4.78 is 25.0. The number of nitrogens with zero attached hydrogens (tertiary/aromatic N) is 4. The average Bonchev–Trinajstić information content (AvgIpc) is 3.09. The van der Waals surface area contributed by atoms with Crippen molar-refractivity contribution in [3.05, 3.63) is 54.4 Å². The summed E-state index contributed by atoms with van der Waals surface area (Å²) in [7, 11) is -3.28. The third kappa shape index (κ3) is 4.42. The number of carbonyl (C=O) groups excluding carboxylic acids is 1. The van der Waals surface area contributed by atoms with Gasteiger partial charge in [-0.2, -0.15) is 0 Å². The Bertz CT molecular complexity index is 1050. The van der Waals surface area contributed by atoms with E-state index < -0.39 is 9.84 Å². The van der Waals surface area contributed by atoms with Gasteiger partial charge in [0.2, 0.25) is 0 Å². The van der Waals surface area contributed by atoms with Crippen LogP contribution in [0.1, 0.15) is 17.3 Å². The first-order chi connectivity index (χ1) is 12.9. The Balaban J connectivity index is 1.73. The van der Waals surface area contributed by atoms with Crippen molar-refractivity contribution in [2.45, 2.75) is 23.5 Å². The molecule has 0 fully saturated rings. The molecular weight excluding hydrogens is 384 g/mol. The molecule has 0 bridgehead atoms. The van der Waals surface area contributed by atoms with E-state index in [-0.39, 0.29) is 16.4 Å². The van der Waals surface area contributed by atoms with Crippen LogP contribution in [0.25, 0.3) is 11.4 Å². The molecule has 3 rings (SSSR count). The number of ketones is 1. The Labute approximate surface area is 161 Å². The molecule has 140 valence electrons. The van der Waals surface area contributed by atoms with Crippen LogP contribution in [0.4, 0.5) is 0 Å². The largest absolute Gasteiger partial charge is 0.302 e. The van der Waals surface area contributed by atoms with E-state index in [0.717, 1.165) is 17.6 Å². The number of rotatable bonds is 7. The molecule has 3 aromatic rings. The lowest BCUT2D eigenvalue weighted by molar-refractivity contribution is 0.102. The summed E-state index contributed by atoms with van der Waals surface area (Å²) in [6.07, 6.45) is 4.53. The molecule has 2 aromatic heterocycles. The van der Waals surface area contributed by atoms with Gasteiger partial charge in [-0.3, -0.25) is 9.78 Å². The third-order valence-electron chi connectivity index (χ3n) is 3.91. The minimum absolute atomic E-state index is 0.101. The Hall–Kier alpha value is -2.52. The van der Waals surface area contributed by atoms with Crippen molar-refractivity contribution in [1.82, 2.24) is 19.7 Å². The van der Waals surface area contributed by atoms with Gasteiger partial charge in [0.1, 0.15) is 0 Å². The maximum atomic E-state index is 12.4. The van der Waals surface area contributed by atoms with E-state index in [9.17, 15) is 13.2 Å². The fourth-order valence-electron chi connectivity index (χ4n) is 2.50. The van der Waals surface area contributed by atoms with Crippen LogP contribution in [0.2, 0.25) is 0 Å². The van der Waals surface area contributed by atoms with Crippen LogP contribution in [0.5, 0.6) is 0 Å². The van der Waals surface area contributed by atoms with Gasteiger partial charge in [0, 0.05) is 36.3 Å². The second kappa shape index (κ2) is 8.01. The van der Waals surface area contributed by atoms with Gasteiger partial charge in [-0.05, 0) is 31.2 Å². The van der Waals surface area contributed by atoms with Crippen molar-refractivity contribution in [2.24, 2.45) is 0 Å². The highest BCUT2D eigenvalue weighted by molar-refractivity contribution is 7.99. The summed E-state index contributed by atoms with van der Waals surface area (Å²) in [6, 6.07) is 9.68. The minimum atomic E-state index is -3.28. The number of sulfone groups is 1. The zero-order chi connectivity index (χ0) is 19.4. The van der Waals surface area contributed by atoms with Gasteiger partial charge in [-0.1, -0.05) is 23.9 Å². The predicted molar refractivity (Wildman–Crippen MR) is 104 cm³/mol. The number of thioether (sulfide) groups is 1. The van der Waals surface area contributed by atoms with E-state index in [2.05, 4.69) is 15.2 Å². The lowest BCUT2D eigenvalue weighted by Gasteiger charge is -2.07. The highest BCUT2D eigenvalue weighted by Gasteiger charge is 2.16. The van der Waals surface area contributed by atoms with Crippen molar-refractivity contribution < 1.29 is 13.2 Å². The molecule has 0 amide bonds. The van der Waals surface area contributed by atoms with E-state index >= 15 is 0 Å². The number of aromatic nitrogens is 4. The number of hydrogen-bond acceptors (Lipinski definition) is 7. The fraction of sp³-hybridized carbons (Fsp3) is 0.222. The lowest BCUT2D eigenvalue weighted by atomic mass is 10.1. The molecule has 0 aliphatic carbocycles. The first-order valence-electron chi connectivity index (χ1n) is 8.20. The molecule has 0 saturated carbocycles. The zero-order valence-electron chi connectivity index (χ0n) is 14.9. The van der Waals surface area contributed by atoms with Crippen LogP contribution < -0.4 is 0 Å². The normalized spacial score (nSPS) is 11.5. The van der Waals surface area contributed by atoms with E-state index in [4.69, 9.17) is 0 Å². The zero-order valence-corrected chi connectivity index (χ0v) is 16.5. The van der Waals surface area contributed by atoms with Crippen molar-refractivity contribution in [3.63, 3.8) is 0 Å². The van der Waals surface area contributed by atoms with Crippen LogP contribution in [0, 0.1) is 0 Å². The summed E-state index contributed by atoms with van der Waals surface area (Å²) in [5.41, 5.74) is 1.38. The van der Waals surface area contributed by atoms with Gasteiger partial charge in [0.25, 0.3) is 0 Å². The van der Waals surface area contributed by atoms with E-state index in [1.165, 1.54) is 36.0 Å². The van der Waals surface area contributed by atoms with Gasteiger partial charge in [-0.15, -0.1) is 10.2 Å². The topological polar surface area (TPSA) is 94.8 Å². The van der Waals surface area contributed by atoms with Gasteiger partial charge >= 0.3 is 0 Å². The second-order valence-corrected chi connectivity index (χ2v) is 8.75. The van der Waals surface area contributed by atoms with Crippen molar-refractivity contribution >= 4 is 27.4 Å². The maximum absolute atomic E-state index is 12.4. The average molecular weight is 403 g/mol. The number of benzene rings is 1. The highest BCUT2D eigenvalue weighted by Crippen LogP contribution is 2.24. The molecular formula is C18H18N4O3S2. The molecule has 1 aromatic carbocycles. The molecule has 0 spiro atoms. The first-order valence-corrected chi connectivity index (χ1v) is 11.1. The van der Waals surface area contributed by atoms with Gasteiger partial charge in [0.15, 0.2) is 26.6 Å². The smallest absolute Gasteiger partial charge is 0.191 e. The van der Waals surface area contributed by atoms with E-state index in [0.29, 0.717) is 17.3 Å². The van der Waals surface area contributed by atoms with Crippen molar-refractivity contribution in [3.8, 4) is 11.4 Å². The van der Waals surface area contributed by atoms with E-state index in [1.807, 2.05) is 23.6 Å². The molecule has 27 heavy (non-hydrogen) atoms. The van der Waals surface area contributed by atoms with Gasteiger partial charge in [0.05, 0.1) is 10.6 Å². The van der Waals surface area contributed by atoms with Crippen LogP contribution in [-0.4, -0.2) is 46.0 Å². The number of Topliss-reactive ketones (excluding diaryl/α,β-unsaturated/α-hetero) is 1. The molecule has 9 heteroatoms. The highest BCUT2D eigenvalue weighted by atomic mass is 32.2. The Morgan fingerprint density at radius 2 is 1.74 bits per heavy atom. The predicted octanol–water partition coefficient (Wildman–Crippen LogP) is 2.74. The molecule has 0 atom stereocenters. The Morgan fingerprint density at radius 1 is 1.07 bits per heavy atom. The van der Waals surface area contributed by atoms with E-state index in [1.54, 1.807) is 12.4 Å². The lowest BCUT2D eigenvalue weighted by Crippen LogP contribution is -2.06. The van der Waals surface area contributed by atoms with Crippen LogP contribution in [0.3, 0.4) is 0 Å². The molecule has 0 radical (unpaired) electrons. The maximum Gasteiger partial charge on any atom is 0.191 e. The SMILES string of the molecule is CCn1c(SCC(=O)c2ccc(S(C)(=O)=O)cc2)nnc1-c1ccncc1. The molecule has 0 unspecified atom stereocenters. The molecule has 0 saturated heterocycles. The Kier molecular flexibility index (Phi) is 5.71. The van der Waals surface area contributed by atoms with Crippen molar-refractivity contribution in [2.75, 3.05) is 12.0 Å². The monoisotopic (exact) mass is 402 g/mol. The molecule has 7 nitrogen and oxygen atoms in total. The van der Waals surface area contributed by atoms with Gasteiger partial charge in [-0.25, -0.2) is 8.42 Å². The number of hydrogen-bond donors (Lipinski definition) is 0. The molecule has 0 N–H and O–H groups in total. The number of carbonyl (C=O) groups is 1. The quantitative estimate of drug-likeness (QED) is 0.443. The summed E-state index contributed by atoms with van der Waals surface area (Å²) >= 11 is 1.31. The standard InChI is InChI=1S/C18H18N4O3S2/c1-3-22-17(14-8-10-19-11-9-14)20-21-18(22)26-12-16(23)13-4-6-15(7-5-13)27(2,24)25/h4-11H,3,12H2,1-2H3. The molecule has 0 aliphatic rings. The molecule has 2 heterocycles. The summed E-state index contributed by atoms with van der Waals surface area (Å²) in [5.74, 6) is 0.815. The third-order valence-corrected chi connectivity index (χ3v) is 6.00. The minimum Gasteiger partial charge on any atom is -0.302 e. The van der Waals surface area contributed by atoms with Gasteiger partial charge < -0.3 is 4.57 Å². The fourth-order valence-corrected chi connectivity index (χ4v) is 4.02. The summed E-state index contributed by atoms with van der Waals surface area (Å²) in [5, 5.41) is 9.09.